The van der Waals surface area contributed by atoms with Crippen molar-refractivity contribution in [3.63, 3.8) is 0 Å². The summed E-state index contributed by atoms with van der Waals surface area (Å²) < 4.78 is 6.74. The molecular formula is C50H34N2O. The Morgan fingerprint density at radius 3 is 1.40 bits per heavy atom. The topological polar surface area (TPSA) is 15.7 Å². The number of anilines is 6. The third-order valence-electron chi connectivity index (χ3n) is 10.2. The number of para-hydroxylation sites is 4. The Bertz CT molecular complexity index is 2650. The number of fused-ring (bicyclic) bond motifs is 4. The Kier molecular flexibility index (Phi) is 7.47. The van der Waals surface area contributed by atoms with Gasteiger partial charge in [0.2, 0.25) is 0 Å². The summed E-state index contributed by atoms with van der Waals surface area (Å²) in [5, 5.41) is 4.73. The highest BCUT2D eigenvalue weighted by Gasteiger charge is 2.23. The van der Waals surface area contributed by atoms with Gasteiger partial charge in [-0.25, -0.2) is 0 Å². The van der Waals surface area contributed by atoms with E-state index in [1.54, 1.807) is 0 Å². The summed E-state index contributed by atoms with van der Waals surface area (Å²) in [4.78, 5) is 4.60. The molecule has 0 amide bonds. The van der Waals surface area contributed by atoms with Crippen LogP contribution in [-0.4, -0.2) is 0 Å². The second-order valence-corrected chi connectivity index (χ2v) is 13.4. The molecule has 1 aliphatic rings. The number of nitrogens with zero attached hydrogens (tertiary/aromatic N) is 2. The minimum atomic E-state index is 0.872. The number of ether oxygens (including phenoxy) is 1. The lowest BCUT2D eigenvalue weighted by Crippen LogP contribution is -2.09. The van der Waals surface area contributed by atoms with Crippen molar-refractivity contribution in [3.05, 3.63) is 206 Å². The van der Waals surface area contributed by atoms with Gasteiger partial charge < -0.3 is 14.5 Å². The summed E-state index contributed by atoms with van der Waals surface area (Å²) in [6.07, 6.45) is 0. The Hall–Kier alpha value is -7.10. The Balaban J connectivity index is 1.03. The lowest BCUT2D eigenvalue weighted by molar-refractivity contribution is 0.487. The average molecular weight is 679 g/mol. The van der Waals surface area contributed by atoms with Crippen molar-refractivity contribution < 1.29 is 4.74 Å². The number of benzene rings is 9. The van der Waals surface area contributed by atoms with Crippen LogP contribution in [0.25, 0.3) is 43.8 Å². The molecule has 0 saturated heterocycles. The maximum atomic E-state index is 6.74. The van der Waals surface area contributed by atoms with Crippen LogP contribution in [0, 0.1) is 0 Å². The van der Waals surface area contributed by atoms with Crippen LogP contribution in [0.15, 0.2) is 206 Å². The molecule has 0 saturated carbocycles. The maximum absolute atomic E-state index is 6.74. The Morgan fingerprint density at radius 1 is 0.302 bits per heavy atom. The normalized spacial score (nSPS) is 11.5. The van der Waals surface area contributed by atoms with E-state index in [1.165, 1.54) is 21.7 Å². The van der Waals surface area contributed by atoms with Crippen molar-refractivity contribution in [2.75, 3.05) is 9.80 Å². The summed E-state index contributed by atoms with van der Waals surface area (Å²) in [6.45, 7) is 0. The number of rotatable bonds is 7. The SMILES string of the molecule is c1ccc(N(c2ccccc2)c2ccc(-c3ccc4c(c3)Oc3cccc5c3c-4cc3ccc(N(c4ccccc4)c4ccccc4)cc35)cc2)cc1. The van der Waals surface area contributed by atoms with E-state index in [-0.39, 0.29) is 0 Å². The van der Waals surface area contributed by atoms with Gasteiger partial charge in [-0.1, -0.05) is 109 Å². The van der Waals surface area contributed by atoms with Crippen LogP contribution in [-0.2, 0) is 0 Å². The first-order valence-electron chi connectivity index (χ1n) is 18.0. The molecule has 0 aromatic heterocycles. The van der Waals surface area contributed by atoms with Crippen LogP contribution >= 0.6 is 0 Å². The summed E-state index contributed by atoms with van der Waals surface area (Å²) in [5.41, 5.74) is 11.2. The van der Waals surface area contributed by atoms with Crippen LogP contribution in [0.4, 0.5) is 34.1 Å². The zero-order valence-corrected chi connectivity index (χ0v) is 28.9. The monoisotopic (exact) mass is 678 g/mol. The first kappa shape index (κ1) is 30.7. The lowest BCUT2D eigenvalue weighted by atomic mass is 9.89. The van der Waals surface area contributed by atoms with Gasteiger partial charge in [-0.15, -0.1) is 0 Å². The second kappa shape index (κ2) is 12.9. The van der Waals surface area contributed by atoms with Gasteiger partial charge in [-0.05, 0) is 130 Å². The minimum absolute atomic E-state index is 0.872. The summed E-state index contributed by atoms with van der Waals surface area (Å²) >= 11 is 0. The van der Waals surface area contributed by atoms with E-state index in [4.69, 9.17) is 4.74 Å². The fraction of sp³-hybridized carbons (Fsp3) is 0. The molecule has 9 aromatic rings. The van der Waals surface area contributed by atoms with Crippen LogP contribution < -0.4 is 14.5 Å². The van der Waals surface area contributed by atoms with E-state index >= 15 is 0 Å². The highest BCUT2D eigenvalue weighted by molar-refractivity contribution is 6.18. The van der Waals surface area contributed by atoms with Crippen LogP contribution in [0.5, 0.6) is 11.5 Å². The van der Waals surface area contributed by atoms with Crippen LogP contribution in [0.2, 0.25) is 0 Å². The standard InChI is InChI=1S/C50H34N2O/c1-5-14-38(15-6-1)51(39-16-7-2-8-17-39)42-28-24-35(25-29-42)36-27-31-44-47-32-37-26-30-43(52(40-18-9-3-10-19-40)41-20-11-4-12-21-41)34-46(37)45-22-13-23-48(50(45)47)53-49(44)33-36/h1-34H. The van der Waals surface area contributed by atoms with Crippen molar-refractivity contribution in [3.8, 4) is 33.8 Å². The Morgan fingerprint density at radius 2 is 0.811 bits per heavy atom. The van der Waals surface area contributed by atoms with Gasteiger partial charge in [0.05, 0.1) is 0 Å². The first-order valence-corrected chi connectivity index (χ1v) is 18.0. The van der Waals surface area contributed by atoms with Crippen molar-refractivity contribution in [1.29, 1.82) is 0 Å². The van der Waals surface area contributed by atoms with Gasteiger partial charge >= 0.3 is 0 Å². The molecule has 250 valence electrons. The Labute approximate surface area is 309 Å². The van der Waals surface area contributed by atoms with E-state index in [0.29, 0.717) is 0 Å². The second-order valence-electron chi connectivity index (χ2n) is 13.4. The highest BCUT2D eigenvalue weighted by Crippen LogP contribution is 2.50. The van der Waals surface area contributed by atoms with E-state index in [9.17, 15) is 0 Å². The van der Waals surface area contributed by atoms with Crippen molar-refractivity contribution in [1.82, 2.24) is 0 Å². The quantitative estimate of drug-likeness (QED) is 0.156. The predicted octanol–water partition coefficient (Wildman–Crippen LogP) is 14.4. The third-order valence-corrected chi connectivity index (χ3v) is 10.2. The van der Waals surface area contributed by atoms with E-state index in [0.717, 1.165) is 67.7 Å². The van der Waals surface area contributed by atoms with Crippen LogP contribution in [0.1, 0.15) is 0 Å². The molecule has 9 aromatic carbocycles. The smallest absolute Gasteiger partial charge is 0.135 e. The van der Waals surface area contributed by atoms with Gasteiger partial charge in [-0.2, -0.15) is 0 Å². The average Bonchev–Trinajstić information content (AvgIpc) is 3.23. The van der Waals surface area contributed by atoms with E-state index in [2.05, 4.69) is 216 Å². The van der Waals surface area contributed by atoms with Gasteiger partial charge in [0.1, 0.15) is 11.5 Å². The largest absolute Gasteiger partial charge is 0.456 e. The zero-order chi connectivity index (χ0) is 35.1. The molecule has 0 N–H and O–H groups in total. The number of hydrogen-bond acceptors (Lipinski definition) is 3. The minimum Gasteiger partial charge on any atom is -0.456 e. The molecule has 0 unspecified atom stereocenters. The molecule has 3 heteroatoms. The number of hydrogen-bond donors (Lipinski definition) is 0. The molecule has 10 rings (SSSR count). The van der Waals surface area contributed by atoms with E-state index in [1.807, 2.05) is 0 Å². The molecule has 1 aliphatic heterocycles. The molecule has 0 aliphatic carbocycles. The predicted molar refractivity (Wildman–Crippen MR) is 222 cm³/mol. The van der Waals surface area contributed by atoms with Gasteiger partial charge in [0.15, 0.2) is 0 Å². The van der Waals surface area contributed by atoms with Crippen LogP contribution in [0.3, 0.4) is 0 Å². The summed E-state index contributed by atoms with van der Waals surface area (Å²) in [6, 6.07) is 73.1. The van der Waals surface area contributed by atoms with Gasteiger partial charge in [0.25, 0.3) is 0 Å². The molecule has 3 nitrogen and oxygen atoms in total. The summed E-state index contributed by atoms with van der Waals surface area (Å²) in [5.74, 6) is 1.76. The molecule has 0 spiro atoms. The molecular weight excluding hydrogens is 645 g/mol. The first-order chi connectivity index (χ1) is 26.3. The maximum Gasteiger partial charge on any atom is 0.135 e. The molecule has 0 bridgehead atoms. The fourth-order valence-corrected chi connectivity index (χ4v) is 7.73. The summed E-state index contributed by atoms with van der Waals surface area (Å²) in [7, 11) is 0. The molecule has 53 heavy (non-hydrogen) atoms. The fourth-order valence-electron chi connectivity index (χ4n) is 7.73. The van der Waals surface area contributed by atoms with Crippen molar-refractivity contribution >= 4 is 55.7 Å². The third kappa shape index (κ3) is 5.47. The lowest BCUT2D eigenvalue weighted by Gasteiger charge is -2.27. The molecule has 0 radical (unpaired) electrons. The van der Waals surface area contributed by atoms with Crippen molar-refractivity contribution in [2.45, 2.75) is 0 Å². The highest BCUT2D eigenvalue weighted by atomic mass is 16.5. The van der Waals surface area contributed by atoms with Crippen molar-refractivity contribution in [2.24, 2.45) is 0 Å². The zero-order valence-electron chi connectivity index (χ0n) is 28.9. The van der Waals surface area contributed by atoms with E-state index < -0.39 is 0 Å². The molecule has 1 heterocycles. The molecule has 0 atom stereocenters. The molecule has 0 fully saturated rings. The van der Waals surface area contributed by atoms with Gasteiger partial charge in [0, 0.05) is 45.1 Å². The van der Waals surface area contributed by atoms with Gasteiger partial charge in [-0.3, -0.25) is 0 Å².